The van der Waals surface area contributed by atoms with E-state index in [1.807, 2.05) is 0 Å². The molecule has 0 aromatic carbocycles. The Morgan fingerprint density at radius 2 is 1.15 bits per heavy atom. The number of phosphoric acid groups is 1. The van der Waals surface area contributed by atoms with E-state index in [4.69, 9.17) is 29.0 Å². The number of hydrogen-bond donors (Lipinski definition) is 2. The van der Waals surface area contributed by atoms with Crippen molar-refractivity contribution in [2.75, 3.05) is 26.4 Å². The molecule has 0 radical (unpaired) electrons. The zero-order valence-electron chi connectivity index (χ0n) is 34.4. The summed E-state index contributed by atoms with van der Waals surface area (Å²) in [5, 5.41) is 0. The van der Waals surface area contributed by atoms with Crippen LogP contribution in [0.15, 0.2) is 24.3 Å². The van der Waals surface area contributed by atoms with Gasteiger partial charge in [-0.2, -0.15) is 0 Å². The number of esters is 2. The molecule has 1 aliphatic rings. The predicted molar refractivity (Wildman–Crippen MR) is 219 cm³/mol. The molecule has 0 amide bonds. The third-order valence-corrected chi connectivity index (χ3v) is 10.7. The normalized spacial score (nSPS) is 17.3. The lowest BCUT2D eigenvalue weighted by Crippen LogP contribution is -2.29. The summed E-state index contributed by atoms with van der Waals surface area (Å²) in [5.74, 6) is -0.851. The van der Waals surface area contributed by atoms with Gasteiger partial charge in [-0.1, -0.05) is 141 Å². The topological polar surface area (TPSA) is 147 Å². The Labute approximate surface area is 329 Å². The quantitative estimate of drug-likeness (QED) is 0.0202. The summed E-state index contributed by atoms with van der Waals surface area (Å²) in [6, 6.07) is 0. The first-order valence-corrected chi connectivity index (χ1v) is 23.4. The van der Waals surface area contributed by atoms with E-state index >= 15 is 0 Å². The van der Waals surface area contributed by atoms with Gasteiger partial charge in [0.25, 0.3) is 0 Å². The number of phosphoric ester groups is 1. The molecule has 0 aliphatic carbocycles. The summed E-state index contributed by atoms with van der Waals surface area (Å²) in [7, 11) is -4.38. The largest absolute Gasteiger partial charge is 0.472 e. The molecule has 1 rings (SSSR count). The number of epoxide rings is 1. The maximum atomic E-state index is 12.6. The van der Waals surface area contributed by atoms with Crippen LogP contribution in [0.1, 0.15) is 194 Å². The van der Waals surface area contributed by atoms with E-state index in [-0.39, 0.29) is 32.6 Å². The summed E-state index contributed by atoms with van der Waals surface area (Å²) >= 11 is 0. The van der Waals surface area contributed by atoms with Crippen molar-refractivity contribution in [1.29, 1.82) is 0 Å². The van der Waals surface area contributed by atoms with Crippen LogP contribution in [0, 0.1) is 0 Å². The first kappa shape index (κ1) is 50.5. The van der Waals surface area contributed by atoms with Crippen LogP contribution in [0.3, 0.4) is 0 Å². The Bertz CT molecular complexity index is 1010. The van der Waals surface area contributed by atoms with E-state index in [1.165, 1.54) is 89.9 Å². The molecule has 1 heterocycles. The fraction of sp³-hybridized carbons (Fsp3) is 0.860. The van der Waals surface area contributed by atoms with Crippen LogP contribution in [0.4, 0.5) is 0 Å². The maximum absolute atomic E-state index is 12.6. The molecule has 0 aromatic heterocycles. The Hall–Kier alpha value is -1.55. The lowest BCUT2D eigenvalue weighted by atomic mass is 10.1. The lowest BCUT2D eigenvalue weighted by molar-refractivity contribution is -0.161. The highest BCUT2D eigenvalue weighted by atomic mass is 31.2. The van der Waals surface area contributed by atoms with Crippen LogP contribution in [0.5, 0.6) is 0 Å². The molecular weight excluding hydrogens is 705 g/mol. The molecule has 0 spiro atoms. The molecule has 1 aliphatic heterocycles. The highest BCUT2D eigenvalue weighted by Gasteiger charge is 2.36. The zero-order chi connectivity index (χ0) is 39.4. The SMILES string of the molecule is CCCCCCCC/C=C\CCCCCCCCCC(=O)OC[C@H](COP(=O)(O)OCCN)OC(=O)CCCCCCC/C=C\CC1OC1CCCCC. The number of carbonyl (C=O) groups is 2. The van der Waals surface area contributed by atoms with Gasteiger partial charge in [0.2, 0.25) is 0 Å². The molecule has 0 bridgehead atoms. The standard InChI is InChI=1S/C43H80NO9P/c1-3-5-7-8-9-10-11-12-13-14-15-16-17-18-22-25-29-33-42(45)49-37-39(38-51-54(47,48)50-36-35-44)52-43(46)34-30-26-23-20-19-21-24-28-32-41-40(53-41)31-27-6-4-2/h12-13,24,28,39-41H,3-11,14-23,25-27,29-38,44H2,1-2H3,(H,47,48)/b13-12-,28-24-/t39-,40?,41?/m1/s1. The monoisotopic (exact) mass is 786 g/mol. The summed E-state index contributed by atoms with van der Waals surface area (Å²) in [6.07, 6.45) is 39.4. The molecule has 3 N–H and O–H groups in total. The van der Waals surface area contributed by atoms with Crippen molar-refractivity contribution in [3.8, 4) is 0 Å². The van der Waals surface area contributed by atoms with Crippen molar-refractivity contribution >= 4 is 19.8 Å². The van der Waals surface area contributed by atoms with Gasteiger partial charge in [-0.15, -0.1) is 0 Å². The molecule has 4 atom stereocenters. The van der Waals surface area contributed by atoms with Crippen molar-refractivity contribution in [3.05, 3.63) is 24.3 Å². The van der Waals surface area contributed by atoms with Crippen LogP contribution < -0.4 is 5.73 Å². The molecule has 1 fully saturated rings. The number of ether oxygens (including phenoxy) is 3. The van der Waals surface area contributed by atoms with E-state index in [2.05, 4.69) is 38.2 Å². The van der Waals surface area contributed by atoms with Gasteiger partial charge in [0.15, 0.2) is 6.10 Å². The average Bonchev–Trinajstić information content (AvgIpc) is 3.91. The average molecular weight is 786 g/mol. The lowest BCUT2D eigenvalue weighted by Gasteiger charge is -2.19. The highest BCUT2D eigenvalue weighted by Crippen LogP contribution is 2.43. The molecule has 316 valence electrons. The summed E-state index contributed by atoms with van der Waals surface area (Å²) in [6.45, 7) is 3.68. The molecule has 0 aromatic rings. The fourth-order valence-corrected chi connectivity index (χ4v) is 7.11. The summed E-state index contributed by atoms with van der Waals surface area (Å²) < 4.78 is 38.5. The van der Waals surface area contributed by atoms with Crippen molar-refractivity contribution in [1.82, 2.24) is 0 Å². The number of hydrogen-bond acceptors (Lipinski definition) is 9. The third kappa shape index (κ3) is 32.7. The predicted octanol–water partition coefficient (Wildman–Crippen LogP) is 11.4. The smallest absolute Gasteiger partial charge is 0.462 e. The van der Waals surface area contributed by atoms with Crippen molar-refractivity contribution in [2.24, 2.45) is 5.73 Å². The van der Waals surface area contributed by atoms with Crippen LogP contribution in [0.25, 0.3) is 0 Å². The van der Waals surface area contributed by atoms with Crippen molar-refractivity contribution in [3.63, 3.8) is 0 Å². The number of rotatable bonds is 40. The van der Waals surface area contributed by atoms with E-state index in [1.54, 1.807) is 0 Å². The van der Waals surface area contributed by atoms with E-state index < -0.39 is 32.5 Å². The number of carbonyl (C=O) groups excluding carboxylic acids is 2. The van der Waals surface area contributed by atoms with Gasteiger partial charge in [0, 0.05) is 19.4 Å². The number of allylic oxidation sites excluding steroid dienone is 3. The fourth-order valence-electron chi connectivity index (χ4n) is 6.34. The van der Waals surface area contributed by atoms with Gasteiger partial charge in [-0.25, -0.2) is 4.57 Å². The first-order chi connectivity index (χ1) is 26.3. The van der Waals surface area contributed by atoms with Crippen molar-refractivity contribution in [2.45, 2.75) is 212 Å². The third-order valence-electron chi connectivity index (χ3n) is 9.73. The van der Waals surface area contributed by atoms with Gasteiger partial charge in [-0.05, 0) is 64.2 Å². The van der Waals surface area contributed by atoms with Gasteiger partial charge in [-0.3, -0.25) is 18.6 Å². The Balaban J connectivity index is 2.17. The molecular formula is C43H80NO9P. The second-order valence-corrected chi connectivity index (χ2v) is 16.4. The Morgan fingerprint density at radius 1 is 0.648 bits per heavy atom. The van der Waals surface area contributed by atoms with Gasteiger partial charge in [0.05, 0.1) is 25.4 Å². The molecule has 0 saturated carbocycles. The van der Waals surface area contributed by atoms with Gasteiger partial charge >= 0.3 is 19.8 Å². The number of unbranched alkanes of at least 4 members (excludes halogenated alkanes) is 20. The van der Waals surface area contributed by atoms with Gasteiger partial charge in [0.1, 0.15) is 6.61 Å². The van der Waals surface area contributed by atoms with Crippen molar-refractivity contribution < 1.29 is 42.3 Å². The minimum Gasteiger partial charge on any atom is -0.462 e. The number of nitrogens with two attached hydrogens (primary N) is 1. The Morgan fingerprint density at radius 3 is 1.72 bits per heavy atom. The summed E-state index contributed by atoms with van der Waals surface area (Å²) in [4.78, 5) is 34.9. The minimum atomic E-state index is -4.38. The summed E-state index contributed by atoms with van der Waals surface area (Å²) in [5.41, 5.74) is 5.35. The molecule has 11 heteroatoms. The maximum Gasteiger partial charge on any atom is 0.472 e. The molecule has 10 nitrogen and oxygen atoms in total. The van der Waals surface area contributed by atoms with E-state index in [0.29, 0.717) is 18.6 Å². The van der Waals surface area contributed by atoms with Crippen LogP contribution in [-0.4, -0.2) is 61.5 Å². The van der Waals surface area contributed by atoms with E-state index in [9.17, 15) is 19.0 Å². The molecule has 3 unspecified atom stereocenters. The minimum absolute atomic E-state index is 0.0487. The highest BCUT2D eigenvalue weighted by molar-refractivity contribution is 7.47. The second-order valence-electron chi connectivity index (χ2n) is 14.9. The van der Waals surface area contributed by atoms with Crippen LogP contribution in [0.2, 0.25) is 0 Å². The van der Waals surface area contributed by atoms with Gasteiger partial charge < -0.3 is 24.8 Å². The molecule has 54 heavy (non-hydrogen) atoms. The Kier molecular flexibility index (Phi) is 33.5. The zero-order valence-corrected chi connectivity index (χ0v) is 35.3. The first-order valence-electron chi connectivity index (χ1n) is 21.9. The van der Waals surface area contributed by atoms with Crippen LogP contribution in [-0.2, 0) is 37.4 Å². The van der Waals surface area contributed by atoms with E-state index in [0.717, 1.165) is 70.6 Å². The second kappa shape index (κ2) is 35.8. The molecule has 1 saturated heterocycles. The van der Waals surface area contributed by atoms with Crippen LogP contribution >= 0.6 is 7.82 Å².